The molecule has 1 rings (SSSR count). The number of rotatable bonds is 6. The predicted octanol–water partition coefficient (Wildman–Crippen LogP) is 1.16. The highest BCUT2D eigenvalue weighted by molar-refractivity contribution is 5.76. The fourth-order valence-electron chi connectivity index (χ4n) is 2.50. The smallest absolute Gasteiger partial charge is 0.222 e. The summed E-state index contributed by atoms with van der Waals surface area (Å²) in [6.07, 6.45) is 1.59. The summed E-state index contributed by atoms with van der Waals surface area (Å²) in [7, 11) is 0. The Bertz CT molecular complexity index is 247. The molecule has 1 aliphatic rings. The molecule has 1 heterocycles. The maximum absolute atomic E-state index is 12.1. The van der Waals surface area contributed by atoms with E-state index in [0.717, 1.165) is 39.1 Å². The van der Waals surface area contributed by atoms with Crippen LogP contribution in [0.15, 0.2) is 0 Å². The molecule has 1 aliphatic heterocycles. The van der Waals surface area contributed by atoms with Crippen LogP contribution in [0.5, 0.6) is 0 Å². The second-order valence-electron chi connectivity index (χ2n) is 5.59. The van der Waals surface area contributed by atoms with Gasteiger partial charge in [0.25, 0.3) is 0 Å². The Morgan fingerprint density at radius 1 is 1.22 bits per heavy atom. The van der Waals surface area contributed by atoms with Crippen molar-refractivity contribution in [2.75, 3.05) is 39.3 Å². The van der Waals surface area contributed by atoms with E-state index in [9.17, 15) is 4.79 Å². The van der Waals surface area contributed by atoms with Crippen LogP contribution in [0, 0.1) is 11.8 Å². The number of nitrogens with zero attached hydrogens (tertiary/aromatic N) is 2. The van der Waals surface area contributed by atoms with Crippen molar-refractivity contribution in [1.29, 1.82) is 0 Å². The first kappa shape index (κ1) is 15.4. The van der Waals surface area contributed by atoms with E-state index in [4.69, 9.17) is 5.73 Å². The van der Waals surface area contributed by atoms with Gasteiger partial charge in [-0.3, -0.25) is 4.79 Å². The minimum Gasteiger partial charge on any atom is -0.340 e. The molecule has 1 amide bonds. The summed E-state index contributed by atoms with van der Waals surface area (Å²) >= 11 is 0. The zero-order valence-electron chi connectivity index (χ0n) is 12.2. The quantitative estimate of drug-likeness (QED) is 0.775. The number of likely N-dealkylation sites (N-methyl/N-ethyl adjacent to an activating group) is 1. The molecule has 1 atom stereocenters. The van der Waals surface area contributed by atoms with E-state index in [0.29, 0.717) is 30.7 Å². The first-order valence-electron chi connectivity index (χ1n) is 7.28. The van der Waals surface area contributed by atoms with Crippen molar-refractivity contribution in [2.24, 2.45) is 17.6 Å². The van der Waals surface area contributed by atoms with Crippen LogP contribution < -0.4 is 5.73 Å². The van der Waals surface area contributed by atoms with Gasteiger partial charge < -0.3 is 15.5 Å². The average molecular weight is 255 g/mol. The van der Waals surface area contributed by atoms with Crippen LogP contribution in [-0.2, 0) is 4.79 Å². The Hall–Kier alpha value is -0.610. The van der Waals surface area contributed by atoms with Crippen molar-refractivity contribution in [2.45, 2.75) is 33.6 Å². The van der Waals surface area contributed by atoms with E-state index in [1.165, 1.54) is 0 Å². The highest BCUT2D eigenvalue weighted by atomic mass is 16.2. The summed E-state index contributed by atoms with van der Waals surface area (Å²) in [6.45, 7) is 12.1. The fourth-order valence-corrected chi connectivity index (χ4v) is 2.50. The summed E-state index contributed by atoms with van der Waals surface area (Å²) in [5.41, 5.74) is 5.74. The normalized spacial score (nSPS) is 19.3. The van der Waals surface area contributed by atoms with Gasteiger partial charge in [0.15, 0.2) is 0 Å². The molecule has 4 nitrogen and oxygen atoms in total. The van der Waals surface area contributed by atoms with Crippen molar-refractivity contribution in [3.63, 3.8) is 0 Å². The molecular formula is C14H29N3O. The molecule has 1 saturated heterocycles. The van der Waals surface area contributed by atoms with Gasteiger partial charge in [0, 0.05) is 32.6 Å². The molecule has 0 spiro atoms. The van der Waals surface area contributed by atoms with Crippen LogP contribution in [0.1, 0.15) is 33.6 Å². The molecule has 0 radical (unpaired) electrons. The molecule has 0 aromatic heterocycles. The second-order valence-corrected chi connectivity index (χ2v) is 5.59. The molecular weight excluding hydrogens is 226 g/mol. The minimum atomic E-state index is 0.310. The third kappa shape index (κ3) is 4.58. The lowest BCUT2D eigenvalue weighted by molar-refractivity contribution is -0.133. The predicted molar refractivity (Wildman–Crippen MR) is 75.3 cm³/mol. The van der Waals surface area contributed by atoms with Gasteiger partial charge in [-0.15, -0.1) is 0 Å². The highest BCUT2D eigenvalue weighted by Gasteiger charge is 2.21. The van der Waals surface area contributed by atoms with Crippen molar-refractivity contribution in [3.05, 3.63) is 0 Å². The number of hydrogen-bond acceptors (Lipinski definition) is 3. The van der Waals surface area contributed by atoms with Crippen molar-refractivity contribution in [3.8, 4) is 0 Å². The van der Waals surface area contributed by atoms with Gasteiger partial charge >= 0.3 is 0 Å². The average Bonchev–Trinajstić information content (AvgIpc) is 2.39. The minimum absolute atomic E-state index is 0.310. The monoisotopic (exact) mass is 255 g/mol. The topological polar surface area (TPSA) is 49.6 Å². The standard InChI is InChI=1S/C14H29N3O/c1-4-16-7-9-17(10-8-16)14(18)6-5-13(11-15)12(2)3/h12-13H,4-11,15H2,1-3H3. The SMILES string of the molecule is CCN1CCN(C(=O)CCC(CN)C(C)C)CC1. The number of nitrogens with two attached hydrogens (primary N) is 1. The number of piperazine rings is 1. The molecule has 106 valence electrons. The van der Waals surface area contributed by atoms with Gasteiger partial charge in [0.05, 0.1) is 0 Å². The van der Waals surface area contributed by atoms with E-state index in [-0.39, 0.29) is 0 Å². The van der Waals surface area contributed by atoms with Crippen LogP contribution in [0.25, 0.3) is 0 Å². The molecule has 0 aliphatic carbocycles. The second kappa shape index (κ2) is 7.74. The van der Waals surface area contributed by atoms with E-state index < -0.39 is 0 Å². The first-order valence-corrected chi connectivity index (χ1v) is 7.28. The summed E-state index contributed by atoms with van der Waals surface area (Å²) in [4.78, 5) is 16.5. The van der Waals surface area contributed by atoms with Crippen molar-refractivity contribution >= 4 is 5.91 Å². The van der Waals surface area contributed by atoms with Gasteiger partial charge in [-0.1, -0.05) is 20.8 Å². The Balaban J connectivity index is 2.29. The lowest BCUT2D eigenvalue weighted by atomic mass is 9.91. The molecule has 0 aromatic rings. The first-order chi connectivity index (χ1) is 8.58. The van der Waals surface area contributed by atoms with Crippen LogP contribution in [-0.4, -0.2) is 55.0 Å². The van der Waals surface area contributed by atoms with Gasteiger partial charge in [-0.2, -0.15) is 0 Å². The Kier molecular flexibility index (Phi) is 6.65. The zero-order chi connectivity index (χ0) is 13.5. The highest BCUT2D eigenvalue weighted by Crippen LogP contribution is 2.16. The van der Waals surface area contributed by atoms with E-state index in [2.05, 4.69) is 25.7 Å². The molecule has 18 heavy (non-hydrogen) atoms. The zero-order valence-corrected chi connectivity index (χ0v) is 12.2. The van der Waals surface area contributed by atoms with Crippen LogP contribution in [0.2, 0.25) is 0 Å². The van der Waals surface area contributed by atoms with Gasteiger partial charge in [-0.05, 0) is 31.3 Å². The van der Waals surface area contributed by atoms with E-state index in [1.54, 1.807) is 0 Å². The molecule has 0 saturated carbocycles. The Morgan fingerprint density at radius 3 is 2.28 bits per heavy atom. The van der Waals surface area contributed by atoms with Gasteiger partial charge in [-0.25, -0.2) is 0 Å². The van der Waals surface area contributed by atoms with Crippen molar-refractivity contribution in [1.82, 2.24) is 9.80 Å². The molecule has 1 unspecified atom stereocenters. The van der Waals surface area contributed by atoms with Gasteiger partial charge in [0.2, 0.25) is 5.91 Å². The van der Waals surface area contributed by atoms with Crippen LogP contribution in [0.3, 0.4) is 0 Å². The molecule has 2 N–H and O–H groups in total. The maximum Gasteiger partial charge on any atom is 0.222 e. The summed E-state index contributed by atoms with van der Waals surface area (Å²) in [6, 6.07) is 0. The summed E-state index contributed by atoms with van der Waals surface area (Å²) in [5.74, 6) is 1.36. The fraction of sp³-hybridized carbons (Fsp3) is 0.929. The third-order valence-corrected chi connectivity index (χ3v) is 4.15. The van der Waals surface area contributed by atoms with E-state index >= 15 is 0 Å². The van der Waals surface area contributed by atoms with Gasteiger partial charge in [0.1, 0.15) is 0 Å². The lowest BCUT2D eigenvalue weighted by Gasteiger charge is -2.34. The molecule has 0 aromatic carbocycles. The Morgan fingerprint density at radius 2 is 1.83 bits per heavy atom. The lowest BCUT2D eigenvalue weighted by Crippen LogP contribution is -2.48. The number of carbonyl (C=O) groups is 1. The van der Waals surface area contributed by atoms with Crippen LogP contribution >= 0.6 is 0 Å². The molecule has 4 heteroatoms. The number of carbonyl (C=O) groups excluding carboxylic acids is 1. The summed E-state index contributed by atoms with van der Waals surface area (Å²) < 4.78 is 0. The van der Waals surface area contributed by atoms with Crippen molar-refractivity contribution < 1.29 is 4.79 Å². The molecule has 1 fully saturated rings. The maximum atomic E-state index is 12.1. The van der Waals surface area contributed by atoms with E-state index in [1.807, 2.05) is 4.90 Å². The number of hydrogen-bond donors (Lipinski definition) is 1. The number of amides is 1. The summed E-state index contributed by atoms with van der Waals surface area (Å²) in [5, 5.41) is 0. The largest absolute Gasteiger partial charge is 0.340 e. The Labute approximate surface area is 111 Å². The third-order valence-electron chi connectivity index (χ3n) is 4.15. The molecule has 0 bridgehead atoms. The van der Waals surface area contributed by atoms with Crippen LogP contribution in [0.4, 0.5) is 0 Å².